The van der Waals surface area contributed by atoms with E-state index in [0.29, 0.717) is 35.3 Å². The fourth-order valence-electron chi connectivity index (χ4n) is 0.992. The Bertz CT molecular complexity index is 357. The topological polar surface area (TPSA) is 52.1 Å². The first-order valence-electron chi connectivity index (χ1n) is 4.01. The number of carbonyl (C=O) groups excluding carboxylic acids is 1. The summed E-state index contributed by atoms with van der Waals surface area (Å²) >= 11 is 7.25. The zero-order valence-electron chi connectivity index (χ0n) is 7.14. The van der Waals surface area contributed by atoms with Gasteiger partial charge in [0.05, 0.1) is 24.0 Å². The minimum Gasteiger partial charge on any atom is -0.379 e. The van der Waals surface area contributed by atoms with Crippen LogP contribution in [0, 0.1) is 0 Å². The summed E-state index contributed by atoms with van der Waals surface area (Å²) in [6.45, 7) is 1.40. The number of hydrogen-bond acceptors (Lipinski definition) is 5. The summed E-state index contributed by atoms with van der Waals surface area (Å²) in [5, 5.41) is 1.21. The number of ether oxygens (including phenoxy) is 1. The van der Waals surface area contributed by atoms with Crippen molar-refractivity contribution in [2.75, 3.05) is 13.2 Å². The van der Waals surface area contributed by atoms with Crippen LogP contribution < -0.4 is 0 Å². The van der Waals surface area contributed by atoms with Crippen molar-refractivity contribution in [3.63, 3.8) is 0 Å². The first-order valence-corrected chi connectivity index (χ1v) is 5.27. The molecule has 2 heterocycles. The van der Waals surface area contributed by atoms with Crippen LogP contribution in [0.5, 0.6) is 0 Å². The minimum atomic E-state index is 0.206. The fourth-order valence-corrected chi connectivity index (χ4v) is 2.25. The monoisotopic (exact) mass is 230 g/mol. The van der Waals surface area contributed by atoms with Crippen LogP contribution in [0.2, 0.25) is 5.15 Å². The Morgan fingerprint density at radius 1 is 1.57 bits per heavy atom. The normalized spacial score (nSPS) is 16.4. The van der Waals surface area contributed by atoms with Crippen molar-refractivity contribution in [1.82, 2.24) is 9.97 Å². The van der Waals surface area contributed by atoms with E-state index in [1.165, 1.54) is 18.1 Å². The Kier molecular flexibility index (Phi) is 3.00. The van der Waals surface area contributed by atoms with Crippen LogP contribution in [0.3, 0.4) is 0 Å². The highest BCUT2D eigenvalue weighted by molar-refractivity contribution is 8.00. The van der Waals surface area contributed by atoms with Crippen molar-refractivity contribution in [2.45, 2.75) is 10.3 Å². The molecule has 0 aromatic carbocycles. The van der Waals surface area contributed by atoms with E-state index in [0.717, 1.165) is 0 Å². The number of rotatable bonds is 3. The van der Waals surface area contributed by atoms with E-state index in [-0.39, 0.29) is 5.15 Å². The molecule has 1 saturated heterocycles. The van der Waals surface area contributed by atoms with Crippen LogP contribution in [-0.4, -0.2) is 34.7 Å². The Morgan fingerprint density at radius 2 is 2.36 bits per heavy atom. The van der Waals surface area contributed by atoms with Gasteiger partial charge in [-0.05, 0) is 0 Å². The first kappa shape index (κ1) is 9.89. The highest BCUT2D eigenvalue weighted by atomic mass is 35.5. The van der Waals surface area contributed by atoms with Gasteiger partial charge in [-0.25, -0.2) is 9.97 Å². The van der Waals surface area contributed by atoms with Gasteiger partial charge in [0.1, 0.15) is 16.5 Å². The van der Waals surface area contributed by atoms with Gasteiger partial charge in [0.25, 0.3) is 0 Å². The number of thioether (sulfide) groups is 1. The van der Waals surface area contributed by atoms with Gasteiger partial charge in [0, 0.05) is 0 Å². The second-order valence-corrected chi connectivity index (χ2v) is 4.43. The summed E-state index contributed by atoms with van der Waals surface area (Å²) in [4.78, 5) is 18.5. The second kappa shape index (κ2) is 4.25. The van der Waals surface area contributed by atoms with Crippen LogP contribution in [-0.2, 0) is 4.74 Å². The lowest BCUT2D eigenvalue weighted by Crippen LogP contribution is -2.30. The van der Waals surface area contributed by atoms with Crippen LogP contribution in [0.4, 0.5) is 0 Å². The molecule has 0 N–H and O–H groups in total. The SMILES string of the molecule is O=Cc1c(Cl)ncnc1SC1COC1. The summed E-state index contributed by atoms with van der Waals surface area (Å²) < 4.78 is 5.03. The molecular weight excluding hydrogens is 224 g/mol. The van der Waals surface area contributed by atoms with Gasteiger partial charge < -0.3 is 4.74 Å². The maximum atomic E-state index is 10.7. The molecule has 0 radical (unpaired) electrons. The Labute approximate surface area is 90.0 Å². The molecule has 2 rings (SSSR count). The Balaban J connectivity index is 2.22. The van der Waals surface area contributed by atoms with E-state index in [2.05, 4.69) is 9.97 Å². The lowest BCUT2D eigenvalue weighted by Gasteiger charge is -2.24. The van der Waals surface area contributed by atoms with Gasteiger partial charge in [-0.3, -0.25) is 4.79 Å². The molecular formula is C8H7ClN2O2S. The average Bonchev–Trinajstić information content (AvgIpc) is 2.11. The van der Waals surface area contributed by atoms with Gasteiger partial charge >= 0.3 is 0 Å². The van der Waals surface area contributed by atoms with Crippen molar-refractivity contribution < 1.29 is 9.53 Å². The third kappa shape index (κ3) is 1.89. The van der Waals surface area contributed by atoms with Crippen molar-refractivity contribution in [1.29, 1.82) is 0 Å². The molecule has 1 aromatic heterocycles. The van der Waals surface area contributed by atoms with Crippen LogP contribution in [0.25, 0.3) is 0 Å². The molecule has 6 heteroatoms. The van der Waals surface area contributed by atoms with Crippen molar-refractivity contribution in [3.05, 3.63) is 17.0 Å². The zero-order valence-corrected chi connectivity index (χ0v) is 8.72. The Hall–Kier alpha value is -0.650. The van der Waals surface area contributed by atoms with E-state index in [9.17, 15) is 4.79 Å². The molecule has 1 aliphatic rings. The van der Waals surface area contributed by atoms with Gasteiger partial charge in [-0.1, -0.05) is 23.4 Å². The summed E-state index contributed by atoms with van der Waals surface area (Å²) in [5.41, 5.74) is 0.367. The van der Waals surface area contributed by atoms with E-state index in [1.807, 2.05) is 0 Å². The molecule has 0 aliphatic carbocycles. The number of halogens is 1. The Morgan fingerprint density at radius 3 is 2.93 bits per heavy atom. The summed E-state index contributed by atoms with van der Waals surface area (Å²) in [6.07, 6.45) is 2.04. The van der Waals surface area contributed by atoms with E-state index in [4.69, 9.17) is 16.3 Å². The van der Waals surface area contributed by atoms with Gasteiger partial charge in [0.2, 0.25) is 0 Å². The molecule has 0 atom stereocenters. The lowest BCUT2D eigenvalue weighted by atomic mass is 10.4. The van der Waals surface area contributed by atoms with E-state index < -0.39 is 0 Å². The van der Waals surface area contributed by atoms with Gasteiger partial charge in [0.15, 0.2) is 6.29 Å². The average molecular weight is 231 g/mol. The van der Waals surface area contributed by atoms with E-state index >= 15 is 0 Å². The molecule has 0 amide bonds. The molecule has 74 valence electrons. The van der Waals surface area contributed by atoms with Crippen LogP contribution in [0.1, 0.15) is 10.4 Å². The van der Waals surface area contributed by atoms with Gasteiger partial charge in [-0.15, -0.1) is 0 Å². The smallest absolute Gasteiger partial charge is 0.155 e. The minimum absolute atomic E-state index is 0.206. The summed E-state index contributed by atoms with van der Waals surface area (Å²) in [6, 6.07) is 0. The molecule has 0 unspecified atom stereocenters. The second-order valence-electron chi connectivity index (χ2n) is 2.78. The molecule has 0 bridgehead atoms. The number of carbonyl (C=O) groups is 1. The number of aldehydes is 1. The standard InChI is InChI=1S/C8H7ClN2O2S/c9-7-6(1-12)8(11-4-10-7)14-5-2-13-3-5/h1,4-5H,2-3H2. The molecule has 14 heavy (non-hydrogen) atoms. The summed E-state index contributed by atoms with van der Waals surface area (Å²) in [7, 11) is 0. The van der Waals surface area contributed by atoms with Crippen molar-refractivity contribution >= 4 is 29.6 Å². The van der Waals surface area contributed by atoms with E-state index in [1.54, 1.807) is 0 Å². The van der Waals surface area contributed by atoms with Crippen LogP contribution in [0.15, 0.2) is 11.4 Å². The molecule has 1 fully saturated rings. The highest BCUT2D eigenvalue weighted by Gasteiger charge is 2.22. The zero-order chi connectivity index (χ0) is 9.97. The van der Waals surface area contributed by atoms with Gasteiger partial charge in [-0.2, -0.15) is 0 Å². The molecule has 1 aromatic rings. The van der Waals surface area contributed by atoms with Crippen LogP contribution >= 0.6 is 23.4 Å². The predicted octanol–water partition coefficient (Wildman–Crippen LogP) is 1.43. The lowest BCUT2D eigenvalue weighted by molar-refractivity contribution is 0.0454. The third-order valence-corrected chi connectivity index (χ3v) is 3.26. The molecule has 4 nitrogen and oxygen atoms in total. The summed E-state index contributed by atoms with van der Waals surface area (Å²) in [5.74, 6) is 0. The van der Waals surface area contributed by atoms with Crippen molar-refractivity contribution in [3.8, 4) is 0 Å². The maximum Gasteiger partial charge on any atom is 0.155 e. The third-order valence-electron chi connectivity index (χ3n) is 1.80. The quantitative estimate of drug-likeness (QED) is 0.581. The fraction of sp³-hybridized carbons (Fsp3) is 0.375. The molecule has 1 aliphatic heterocycles. The highest BCUT2D eigenvalue weighted by Crippen LogP contribution is 2.30. The molecule has 0 saturated carbocycles. The number of aromatic nitrogens is 2. The predicted molar refractivity (Wildman–Crippen MR) is 52.9 cm³/mol. The first-order chi connectivity index (χ1) is 6.81. The number of nitrogens with zero attached hydrogens (tertiary/aromatic N) is 2. The molecule has 0 spiro atoms. The maximum absolute atomic E-state index is 10.7. The number of hydrogen-bond donors (Lipinski definition) is 0. The van der Waals surface area contributed by atoms with Crippen molar-refractivity contribution in [2.24, 2.45) is 0 Å². The largest absolute Gasteiger partial charge is 0.379 e.